The van der Waals surface area contributed by atoms with Crippen molar-refractivity contribution < 1.29 is 9.53 Å². The first-order valence-electron chi connectivity index (χ1n) is 10.3. The van der Waals surface area contributed by atoms with E-state index in [0.717, 1.165) is 18.5 Å². The molecule has 0 fully saturated rings. The fraction of sp³-hybridized carbons (Fsp3) is 0.381. The van der Waals surface area contributed by atoms with E-state index in [2.05, 4.69) is 15.0 Å². The van der Waals surface area contributed by atoms with Crippen molar-refractivity contribution in [3.8, 4) is 0 Å². The third-order valence-electron chi connectivity index (χ3n) is 5.25. The predicted octanol–water partition coefficient (Wildman–Crippen LogP) is 2.02. The first kappa shape index (κ1) is 20.6. The van der Waals surface area contributed by atoms with Crippen LogP contribution in [0.3, 0.4) is 0 Å². The molecule has 0 radical (unpaired) electrons. The Balaban J connectivity index is 1.66. The summed E-state index contributed by atoms with van der Waals surface area (Å²) in [5.74, 6) is -0.192. The summed E-state index contributed by atoms with van der Waals surface area (Å²) in [5.41, 5.74) is 1.39. The number of rotatable bonds is 7. The molecule has 0 bridgehead atoms. The Hall–Kier alpha value is -3.69. The number of nitrogens with one attached hydrogen (secondary N) is 1. The van der Waals surface area contributed by atoms with Gasteiger partial charge < -0.3 is 13.7 Å². The van der Waals surface area contributed by atoms with Gasteiger partial charge in [-0.3, -0.25) is 14.3 Å². The number of aromatic nitrogens is 6. The van der Waals surface area contributed by atoms with Gasteiger partial charge in [0.1, 0.15) is 18.1 Å². The summed E-state index contributed by atoms with van der Waals surface area (Å²) in [6, 6.07) is 5.59. The quantitative estimate of drug-likeness (QED) is 0.454. The first-order chi connectivity index (χ1) is 14.9. The Morgan fingerprint density at radius 2 is 1.97 bits per heavy atom. The second-order valence-corrected chi connectivity index (χ2v) is 7.31. The molecular weight excluding hydrogens is 400 g/mol. The molecule has 0 aliphatic heterocycles. The largest absolute Gasteiger partial charge is 0.453 e. The zero-order valence-corrected chi connectivity index (χ0v) is 17.7. The number of fused-ring (bicyclic) bond motifs is 2. The standard InChI is InChI=1S/C21H24N6O4/c1-4-6-10-26-18-17(19(28)24-21(26)30)25(5-2)16(23-18)12-31-20(29)14-11-27-13(3)8-7-9-15(27)22-14/h7-9,11H,4-6,10,12H2,1-3H3,(H,24,28,30). The molecule has 10 nitrogen and oxygen atoms in total. The summed E-state index contributed by atoms with van der Waals surface area (Å²) in [4.78, 5) is 48.5. The number of unbranched alkanes of at least 4 members (excludes halogenated alkanes) is 1. The summed E-state index contributed by atoms with van der Waals surface area (Å²) < 4.78 is 10.4. The number of imidazole rings is 2. The van der Waals surface area contributed by atoms with Crippen LogP contribution < -0.4 is 11.2 Å². The van der Waals surface area contributed by atoms with Crippen molar-refractivity contribution in [1.29, 1.82) is 0 Å². The molecule has 31 heavy (non-hydrogen) atoms. The lowest BCUT2D eigenvalue weighted by molar-refractivity contribution is 0.0452. The van der Waals surface area contributed by atoms with Crippen molar-refractivity contribution in [2.45, 2.75) is 53.3 Å². The molecule has 0 saturated heterocycles. The number of aromatic amines is 1. The molecule has 4 aromatic rings. The van der Waals surface area contributed by atoms with Crippen LogP contribution in [0, 0.1) is 6.92 Å². The second-order valence-electron chi connectivity index (χ2n) is 7.31. The number of pyridine rings is 1. The summed E-state index contributed by atoms with van der Waals surface area (Å²) >= 11 is 0. The van der Waals surface area contributed by atoms with Crippen LogP contribution in [0.2, 0.25) is 0 Å². The van der Waals surface area contributed by atoms with Crippen LogP contribution in [0.1, 0.15) is 48.7 Å². The van der Waals surface area contributed by atoms with Gasteiger partial charge in [0.2, 0.25) is 0 Å². The maximum absolute atomic E-state index is 12.6. The lowest BCUT2D eigenvalue weighted by Gasteiger charge is -2.06. The minimum atomic E-state index is -0.588. The average molecular weight is 424 g/mol. The monoisotopic (exact) mass is 424 g/mol. The van der Waals surface area contributed by atoms with Crippen molar-refractivity contribution in [3.05, 3.63) is 62.4 Å². The van der Waals surface area contributed by atoms with E-state index in [1.807, 2.05) is 43.4 Å². The van der Waals surface area contributed by atoms with Crippen LogP contribution >= 0.6 is 0 Å². The number of hydrogen-bond acceptors (Lipinski definition) is 6. The van der Waals surface area contributed by atoms with E-state index in [4.69, 9.17) is 4.74 Å². The smallest absolute Gasteiger partial charge is 0.359 e. The zero-order valence-electron chi connectivity index (χ0n) is 17.7. The third-order valence-corrected chi connectivity index (χ3v) is 5.25. The summed E-state index contributed by atoms with van der Waals surface area (Å²) in [5, 5.41) is 0. The van der Waals surface area contributed by atoms with Crippen molar-refractivity contribution in [2.24, 2.45) is 0 Å². The molecule has 0 unspecified atom stereocenters. The Morgan fingerprint density at radius 1 is 1.16 bits per heavy atom. The Kier molecular flexibility index (Phi) is 5.45. The van der Waals surface area contributed by atoms with E-state index in [-0.39, 0.29) is 12.3 Å². The van der Waals surface area contributed by atoms with Crippen LogP contribution in [-0.4, -0.2) is 34.5 Å². The Bertz CT molecular complexity index is 1390. The van der Waals surface area contributed by atoms with Gasteiger partial charge in [-0.15, -0.1) is 0 Å². The van der Waals surface area contributed by atoms with Crippen LogP contribution in [-0.2, 0) is 24.4 Å². The Morgan fingerprint density at radius 3 is 2.68 bits per heavy atom. The van der Waals surface area contributed by atoms with Crippen molar-refractivity contribution in [2.75, 3.05) is 0 Å². The molecule has 0 amide bonds. The van der Waals surface area contributed by atoms with Gasteiger partial charge in [0.15, 0.2) is 16.9 Å². The summed E-state index contributed by atoms with van der Waals surface area (Å²) in [6.07, 6.45) is 3.30. The van der Waals surface area contributed by atoms with Gasteiger partial charge in [-0.25, -0.2) is 19.6 Å². The fourth-order valence-corrected chi connectivity index (χ4v) is 3.64. The van der Waals surface area contributed by atoms with Crippen molar-refractivity contribution >= 4 is 22.8 Å². The molecular formula is C21H24N6O4. The van der Waals surface area contributed by atoms with Gasteiger partial charge in [0, 0.05) is 25.0 Å². The number of carbonyl (C=O) groups is 1. The number of ether oxygens (including phenoxy) is 1. The highest BCUT2D eigenvalue weighted by molar-refractivity contribution is 5.88. The number of H-pyrrole nitrogens is 1. The van der Waals surface area contributed by atoms with Gasteiger partial charge in [-0.2, -0.15) is 0 Å². The maximum Gasteiger partial charge on any atom is 0.359 e. The molecule has 0 atom stereocenters. The lowest BCUT2D eigenvalue weighted by atomic mass is 10.3. The molecule has 4 aromatic heterocycles. The minimum absolute atomic E-state index is 0.143. The molecule has 0 aliphatic carbocycles. The molecule has 4 heterocycles. The fourth-order valence-electron chi connectivity index (χ4n) is 3.64. The molecule has 1 N–H and O–H groups in total. The first-order valence-corrected chi connectivity index (χ1v) is 10.3. The summed E-state index contributed by atoms with van der Waals surface area (Å²) in [6.45, 7) is 6.54. The molecule has 162 valence electrons. The van der Waals surface area contributed by atoms with Gasteiger partial charge in [-0.1, -0.05) is 19.4 Å². The summed E-state index contributed by atoms with van der Waals surface area (Å²) in [7, 11) is 0. The van der Waals surface area contributed by atoms with Crippen LogP contribution in [0.15, 0.2) is 34.0 Å². The molecule has 0 aromatic carbocycles. The van der Waals surface area contributed by atoms with E-state index in [1.54, 1.807) is 10.8 Å². The van der Waals surface area contributed by atoms with Crippen LogP contribution in [0.5, 0.6) is 0 Å². The normalized spacial score (nSPS) is 11.5. The van der Waals surface area contributed by atoms with E-state index in [0.29, 0.717) is 35.7 Å². The molecule has 0 saturated carbocycles. The third kappa shape index (κ3) is 3.65. The molecule has 10 heteroatoms. The minimum Gasteiger partial charge on any atom is -0.453 e. The average Bonchev–Trinajstić information content (AvgIpc) is 3.34. The van der Waals surface area contributed by atoms with Gasteiger partial charge in [-0.05, 0) is 32.4 Å². The highest BCUT2D eigenvalue weighted by atomic mass is 16.5. The van der Waals surface area contributed by atoms with Gasteiger partial charge in [0.25, 0.3) is 5.56 Å². The zero-order chi connectivity index (χ0) is 22.1. The van der Waals surface area contributed by atoms with E-state index >= 15 is 0 Å². The van der Waals surface area contributed by atoms with E-state index in [9.17, 15) is 14.4 Å². The predicted molar refractivity (Wildman–Crippen MR) is 114 cm³/mol. The highest BCUT2D eigenvalue weighted by Gasteiger charge is 2.20. The van der Waals surface area contributed by atoms with Crippen LogP contribution in [0.4, 0.5) is 0 Å². The van der Waals surface area contributed by atoms with Crippen molar-refractivity contribution in [3.63, 3.8) is 0 Å². The van der Waals surface area contributed by atoms with Crippen molar-refractivity contribution in [1.82, 2.24) is 28.5 Å². The topological polar surface area (TPSA) is 116 Å². The number of esters is 1. The SMILES string of the molecule is CCCCn1c(=O)[nH]c(=O)c2c1nc(COC(=O)c1cn3c(C)cccc3n1)n2CC. The number of hydrogen-bond donors (Lipinski definition) is 1. The molecule has 0 spiro atoms. The molecule has 4 rings (SSSR count). The lowest BCUT2D eigenvalue weighted by Crippen LogP contribution is -2.31. The van der Waals surface area contributed by atoms with Crippen LogP contribution in [0.25, 0.3) is 16.8 Å². The maximum atomic E-state index is 12.6. The van der Waals surface area contributed by atoms with Gasteiger partial charge >= 0.3 is 11.7 Å². The number of nitrogens with zero attached hydrogens (tertiary/aromatic N) is 5. The van der Waals surface area contributed by atoms with E-state index in [1.165, 1.54) is 4.57 Å². The highest BCUT2D eigenvalue weighted by Crippen LogP contribution is 2.15. The van der Waals surface area contributed by atoms with E-state index < -0.39 is 17.2 Å². The molecule has 0 aliphatic rings. The Labute approximate surface area is 177 Å². The second kappa shape index (κ2) is 8.21. The number of carbonyl (C=O) groups excluding carboxylic acids is 1. The number of aryl methyl sites for hydroxylation is 3. The van der Waals surface area contributed by atoms with Gasteiger partial charge in [0.05, 0.1) is 0 Å².